The third-order valence-electron chi connectivity index (χ3n) is 2.61. The lowest BCUT2D eigenvalue weighted by Crippen LogP contribution is -2.41. The Bertz CT molecular complexity index is 770. The number of hydrogen-bond acceptors (Lipinski definition) is 3. The third kappa shape index (κ3) is 3.65. The van der Waals surface area contributed by atoms with Crippen LogP contribution in [0.3, 0.4) is 0 Å². The van der Waals surface area contributed by atoms with Crippen molar-refractivity contribution in [2.45, 2.75) is 11.1 Å². The van der Waals surface area contributed by atoms with Crippen molar-refractivity contribution in [3.8, 4) is 0 Å². The number of carbonyl (C=O) groups excluding carboxylic acids is 1. The van der Waals surface area contributed by atoms with E-state index in [-0.39, 0.29) is 5.69 Å². The molecule has 0 saturated carbocycles. The predicted molar refractivity (Wildman–Crippen MR) is 70.0 cm³/mol. The van der Waals surface area contributed by atoms with Crippen molar-refractivity contribution in [3.63, 3.8) is 0 Å². The molecule has 22 heavy (non-hydrogen) atoms. The molecule has 0 fully saturated rings. The smallest absolute Gasteiger partial charge is 0.357 e. The van der Waals surface area contributed by atoms with Crippen molar-refractivity contribution < 1.29 is 26.4 Å². The molecule has 1 aromatic carbocycles. The van der Waals surface area contributed by atoms with E-state index in [1.54, 1.807) is 4.83 Å². The summed E-state index contributed by atoms with van der Waals surface area (Å²) in [7, 11) is -4.33. The summed E-state index contributed by atoms with van der Waals surface area (Å²) in [6.07, 6.45) is -3.21. The Balaban J connectivity index is 2.15. The van der Waals surface area contributed by atoms with Gasteiger partial charge in [-0.15, -0.1) is 4.83 Å². The molecule has 0 bridgehead atoms. The summed E-state index contributed by atoms with van der Waals surface area (Å²) < 4.78 is 61.5. The van der Waals surface area contributed by atoms with Crippen molar-refractivity contribution in [1.29, 1.82) is 0 Å². The maximum absolute atomic E-state index is 12.6. The molecule has 2 rings (SSSR count). The van der Waals surface area contributed by atoms with Crippen molar-refractivity contribution in [3.05, 3.63) is 53.9 Å². The molecular weight excluding hydrogens is 323 g/mol. The molecule has 0 saturated heterocycles. The Morgan fingerprint density at radius 3 is 2.45 bits per heavy atom. The van der Waals surface area contributed by atoms with Gasteiger partial charge >= 0.3 is 6.18 Å². The molecule has 1 aromatic heterocycles. The lowest BCUT2D eigenvalue weighted by molar-refractivity contribution is -0.137. The second-order valence-corrected chi connectivity index (χ2v) is 5.85. The summed E-state index contributed by atoms with van der Waals surface area (Å²) >= 11 is 0. The van der Waals surface area contributed by atoms with E-state index in [1.807, 2.05) is 5.43 Å². The molecule has 0 aliphatic heterocycles. The van der Waals surface area contributed by atoms with Gasteiger partial charge in [0.05, 0.1) is 10.5 Å². The van der Waals surface area contributed by atoms with Crippen LogP contribution < -0.4 is 10.3 Å². The Hall–Kier alpha value is -2.33. The molecular formula is C12H10F3N3O3S. The first-order valence-corrected chi connectivity index (χ1v) is 7.31. The summed E-state index contributed by atoms with van der Waals surface area (Å²) in [4.78, 5) is 15.2. The van der Waals surface area contributed by atoms with E-state index in [0.29, 0.717) is 6.07 Å². The van der Waals surface area contributed by atoms with Crippen LogP contribution in [0, 0.1) is 0 Å². The molecule has 6 nitrogen and oxygen atoms in total. The van der Waals surface area contributed by atoms with Gasteiger partial charge in [-0.2, -0.15) is 13.2 Å². The maximum atomic E-state index is 12.6. The van der Waals surface area contributed by atoms with Gasteiger partial charge < -0.3 is 4.98 Å². The van der Waals surface area contributed by atoms with E-state index < -0.39 is 32.6 Å². The first kappa shape index (κ1) is 16.0. The number of aromatic nitrogens is 1. The number of benzene rings is 1. The van der Waals surface area contributed by atoms with Gasteiger partial charge in [-0.05, 0) is 30.3 Å². The van der Waals surface area contributed by atoms with Crippen molar-refractivity contribution >= 4 is 15.9 Å². The highest BCUT2D eigenvalue weighted by Gasteiger charge is 2.31. The number of amides is 1. The standard InChI is InChI=1S/C12H10F3N3O3S/c13-12(14,15)8-3-1-4-9(7-8)22(20,21)18-17-11(19)10-5-2-6-16-10/h1-7,16,18H,(H,17,19). The number of hydrazine groups is 1. The highest BCUT2D eigenvalue weighted by molar-refractivity contribution is 7.89. The van der Waals surface area contributed by atoms with Crippen LogP contribution in [0.1, 0.15) is 16.1 Å². The Kier molecular flexibility index (Phi) is 4.24. The lowest BCUT2D eigenvalue weighted by atomic mass is 10.2. The topological polar surface area (TPSA) is 91.1 Å². The van der Waals surface area contributed by atoms with E-state index in [9.17, 15) is 26.4 Å². The zero-order valence-corrected chi connectivity index (χ0v) is 11.6. The monoisotopic (exact) mass is 333 g/mol. The summed E-state index contributed by atoms with van der Waals surface area (Å²) in [5, 5.41) is 0. The molecule has 1 amide bonds. The normalized spacial score (nSPS) is 12.1. The molecule has 0 aliphatic carbocycles. The van der Waals surface area contributed by atoms with Crippen molar-refractivity contribution in [1.82, 2.24) is 15.2 Å². The number of sulfonamides is 1. The summed E-state index contributed by atoms with van der Waals surface area (Å²) in [6.45, 7) is 0. The number of hydrogen-bond donors (Lipinski definition) is 3. The van der Waals surface area contributed by atoms with Gasteiger partial charge in [0.1, 0.15) is 5.69 Å². The molecule has 0 radical (unpaired) electrons. The second kappa shape index (κ2) is 5.81. The highest BCUT2D eigenvalue weighted by Crippen LogP contribution is 2.30. The Morgan fingerprint density at radius 2 is 1.86 bits per heavy atom. The van der Waals surface area contributed by atoms with E-state index in [0.717, 1.165) is 18.2 Å². The van der Waals surface area contributed by atoms with E-state index >= 15 is 0 Å². The third-order valence-corrected chi connectivity index (χ3v) is 3.86. The Labute approximate surface area is 123 Å². The summed E-state index contributed by atoms with van der Waals surface area (Å²) in [5.74, 6) is -0.777. The number of nitrogens with one attached hydrogen (secondary N) is 3. The van der Waals surface area contributed by atoms with Gasteiger partial charge in [-0.3, -0.25) is 10.2 Å². The van der Waals surface area contributed by atoms with Crippen LogP contribution >= 0.6 is 0 Å². The molecule has 118 valence electrons. The van der Waals surface area contributed by atoms with Crippen molar-refractivity contribution in [2.75, 3.05) is 0 Å². The predicted octanol–water partition coefficient (Wildman–Crippen LogP) is 1.66. The van der Waals surface area contributed by atoms with Crippen LogP contribution in [-0.4, -0.2) is 19.3 Å². The first-order chi connectivity index (χ1) is 10.2. The van der Waals surface area contributed by atoms with E-state index in [4.69, 9.17) is 0 Å². The minimum atomic E-state index is -4.67. The number of halogens is 3. The minimum Gasteiger partial charge on any atom is -0.357 e. The van der Waals surface area contributed by atoms with Crippen LogP contribution in [0.25, 0.3) is 0 Å². The number of aromatic amines is 1. The zero-order valence-electron chi connectivity index (χ0n) is 10.8. The number of alkyl halides is 3. The SMILES string of the molecule is O=C(NNS(=O)(=O)c1cccc(C(F)(F)F)c1)c1ccc[nH]1. The quantitative estimate of drug-likeness (QED) is 0.743. The zero-order chi connectivity index (χ0) is 16.4. The largest absolute Gasteiger partial charge is 0.416 e. The van der Waals surface area contributed by atoms with Gasteiger partial charge in [0.25, 0.3) is 15.9 Å². The van der Waals surface area contributed by atoms with Crippen molar-refractivity contribution in [2.24, 2.45) is 0 Å². The molecule has 1 heterocycles. The molecule has 3 N–H and O–H groups in total. The Morgan fingerprint density at radius 1 is 1.14 bits per heavy atom. The van der Waals surface area contributed by atoms with Gasteiger partial charge in [0.2, 0.25) is 0 Å². The fourth-order valence-corrected chi connectivity index (χ4v) is 2.44. The lowest BCUT2D eigenvalue weighted by Gasteiger charge is -2.10. The summed E-state index contributed by atoms with van der Waals surface area (Å²) in [6, 6.07) is 6.09. The molecule has 0 aliphatic rings. The highest BCUT2D eigenvalue weighted by atomic mass is 32.2. The molecule has 10 heteroatoms. The van der Waals surface area contributed by atoms with Crippen LogP contribution in [0.5, 0.6) is 0 Å². The fourth-order valence-electron chi connectivity index (χ4n) is 1.55. The van der Waals surface area contributed by atoms with E-state index in [1.165, 1.54) is 18.3 Å². The maximum Gasteiger partial charge on any atom is 0.416 e. The van der Waals surface area contributed by atoms with Gasteiger partial charge in [0, 0.05) is 6.20 Å². The van der Waals surface area contributed by atoms with E-state index in [2.05, 4.69) is 4.98 Å². The number of carbonyl (C=O) groups is 1. The van der Waals surface area contributed by atoms with Crippen LogP contribution in [0.4, 0.5) is 13.2 Å². The number of H-pyrrole nitrogens is 1. The average Bonchev–Trinajstić information content (AvgIpc) is 2.98. The second-order valence-electron chi connectivity index (χ2n) is 4.17. The molecule has 0 spiro atoms. The molecule has 0 unspecified atom stereocenters. The van der Waals surface area contributed by atoms with Crippen LogP contribution in [0.15, 0.2) is 47.5 Å². The fraction of sp³-hybridized carbons (Fsp3) is 0.0833. The van der Waals surface area contributed by atoms with Crippen LogP contribution in [-0.2, 0) is 16.2 Å². The molecule has 2 aromatic rings. The van der Waals surface area contributed by atoms with Crippen LogP contribution in [0.2, 0.25) is 0 Å². The van der Waals surface area contributed by atoms with Gasteiger partial charge in [-0.1, -0.05) is 6.07 Å². The summed E-state index contributed by atoms with van der Waals surface area (Å²) in [5.41, 5.74) is 0.877. The minimum absolute atomic E-state index is 0.0896. The van der Waals surface area contributed by atoms with Gasteiger partial charge in [0.15, 0.2) is 0 Å². The number of rotatable bonds is 4. The average molecular weight is 333 g/mol. The molecule has 0 atom stereocenters. The first-order valence-electron chi connectivity index (χ1n) is 5.83. The van der Waals surface area contributed by atoms with Gasteiger partial charge in [-0.25, -0.2) is 8.42 Å².